The average Bonchev–Trinajstić information content (AvgIpc) is 3.17. The van der Waals surface area contributed by atoms with Gasteiger partial charge in [-0.15, -0.1) is 0 Å². The standard InChI is InChI=1S/C23H17N3OS/c27-22(25-23(28)26-13-12-19-8-4-5-9-21(19)26)20-14-18(15-24-16-20)11-10-17-6-2-1-3-7-17/h1-9,14-16H,12-13H2,(H,25,27,28). The highest BCUT2D eigenvalue weighted by atomic mass is 32.1. The zero-order valence-electron chi connectivity index (χ0n) is 15.1. The Morgan fingerprint density at radius 2 is 1.75 bits per heavy atom. The van der Waals surface area contributed by atoms with Crippen LogP contribution in [0.5, 0.6) is 0 Å². The summed E-state index contributed by atoms with van der Waals surface area (Å²) in [6, 6.07) is 19.5. The third-order valence-corrected chi connectivity index (χ3v) is 4.80. The van der Waals surface area contributed by atoms with Crippen molar-refractivity contribution in [2.75, 3.05) is 11.4 Å². The smallest absolute Gasteiger partial charge is 0.259 e. The summed E-state index contributed by atoms with van der Waals surface area (Å²) in [6.07, 6.45) is 4.07. The highest BCUT2D eigenvalue weighted by Gasteiger charge is 2.23. The van der Waals surface area contributed by atoms with Crippen LogP contribution in [0.25, 0.3) is 0 Å². The molecular formula is C23H17N3OS. The molecule has 0 saturated carbocycles. The molecule has 136 valence electrons. The van der Waals surface area contributed by atoms with Gasteiger partial charge >= 0.3 is 0 Å². The number of rotatable bonds is 1. The lowest BCUT2D eigenvalue weighted by atomic mass is 10.1. The molecule has 4 nitrogen and oxygen atoms in total. The van der Waals surface area contributed by atoms with Crippen LogP contribution in [-0.4, -0.2) is 22.5 Å². The second-order valence-electron chi connectivity index (χ2n) is 6.37. The number of aromatic nitrogens is 1. The SMILES string of the molecule is O=C(NC(=S)N1CCc2ccccc21)c1cncc(C#Cc2ccccc2)c1. The summed E-state index contributed by atoms with van der Waals surface area (Å²) >= 11 is 5.46. The quantitative estimate of drug-likeness (QED) is 0.516. The summed E-state index contributed by atoms with van der Waals surface area (Å²) < 4.78 is 0. The lowest BCUT2D eigenvalue weighted by Crippen LogP contribution is -2.42. The number of anilines is 1. The van der Waals surface area contributed by atoms with E-state index < -0.39 is 0 Å². The summed E-state index contributed by atoms with van der Waals surface area (Å²) in [5.41, 5.74) is 4.29. The molecule has 1 N–H and O–H groups in total. The van der Waals surface area contributed by atoms with E-state index in [2.05, 4.69) is 28.2 Å². The molecule has 5 heteroatoms. The number of para-hydroxylation sites is 1. The molecule has 0 fully saturated rings. The minimum Gasteiger partial charge on any atom is -0.318 e. The third kappa shape index (κ3) is 3.93. The number of thiocarbonyl (C=S) groups is 1. The highest BCUT2D eigenvalue weighted by molar-refractivity contribution is 7.80. The fraction of sp³-hybridized carbons (Fsp3) is 0.0870. The molecule has 0 spiro atoms. The molecule has 1 aliphatic heterocycles. The van der Waals surface area contributed by atoms with Crippen molar-refractivity contribution < 1.29 is 4.79 Å². The van der Waals surface area contributed by atoms with E-state index in [1.165, 1.54) is 11.8 Å². The molecule has 0 radical (unpaired) electrons. The van der Waals surface area contributed by atoms with E-state index in [0.29, 0.717) is 16.2 Å². The van der Waals surface area contributed by atoms with Gasteiger partial charge in [0.25, 0.3) is 5.91 Å². The van der Waals surface area contributed by atoms with Gasteiger partial charge in [-0.25, -0.2) is 0 Å². The largest absolute Gasteiger partial charge is 0.318 e. The molecule has 1 amide bonds. The molecule has 1 aliphatic rings. The molecule has 0 bridgehead atoms. The van der Waals surface area contributed by atoms with Crippen LogP contribution in [-0.2, 0) is 6.42 Å². The molecule has 0 saturated heterocycles. The lowest BCUT2D eigenvalue weighted by Gasteiger charge is -2.20. The molecule has 0 atom stereocenters. The van der Waals surface area contributed by atoms with Gasteiger partial charge in [0.1, 0.15) is 0 Å². The van der Waals surface area contributed by atoms with Gasteiger partial charge in [-0.3, -0.25) is 15.1 Å². The van der Waals surface area contributed by atoms with E-state index >= 15 is 0 Å². The lowest BCUT2D eigenvalue weighted by molar-refractivity contribution is 0.0977. The fourth-order valence-electron chi connectivity index (χ4n) is 3.08. The molecule has 0 unspecified atom stereocenters. The summed E-state index contributed by atoms with van der Waals surface area (Å²) in [5.74, 6) is 5.82. The van der Waals surface area contributed by atoms with Crippen LogP contribution >= 0.6 is 12.2 Å². The first-order chi connectivity index (χ1) is 13.7. The fourth-order valence-corrected chi connectivity index (χ4v) is 3.37. The second-order valence-corrected chi connectivity index (χ2v) is 6.75. The first kappa shape index (κ1) is 17.9. The molecule has 4 rings (SSSR count). The Hall–Kier alpha value is -3.49. The van der Waals surface area contributed by atoms with Crippen molar-refractivity contribution >= 4 is 28.9 Å². The van der Waals surface area contributed by atoms with Gasteiger partial charge in [0, 0.05) is 35.8 Å². The van der Waals surface area contributed by atoms with E-state index in [9.17, 15) is 4.79 Å². The molecule has 0 aliphatic carbocycles. The van der Waals surface area contributed by atoms with Gasteiger partial charge in [0.15, 0.2) is 5.11 Å². The maximum absolute atomic E-state index is 12.6. The zero-order valence-corrected chi connectivity index (χ0v) is 15.9. The number of fused-ring (bicyclic) bond motifs is 1. The number of hydrogen-bond acceptors (Lipinski definition) is 3. The van der Waals surface area contributed by atoms with Crippen LogP contribution in [0.15, 0.2) is 73.1 Å². The van der Waals surface area contributed by atoms with Crippen LogP contribution in [0.4, 0.5) is 5.69 Å². The molecule has 1 aromatic heterocycles. The predicted octanol–water partition coefficient (Wildman–Crippen LogP) is 3.56. The van der Waals surface area contributed by atoms with E-state index in [0.717, 1.165) is 24.2 Å². The normalized spacial score (nSPS) is 11.9. The van der Waals surface area contributed by atoms with Crippen LogP contribution in [0, 0.1) is 11.8 Å². The number of carbonyl (C=O) groups excluding carboxylic acids is 1. The Labute approximate surface area is 169 Å². The van der Waals surface area contributed by atoms with E-state index in [-0.39, 0.29) is 5.91 Å². The van der Waals surface area contributed by atoms with Crippen molar-refractivity contribution in [3.05, 3.63) is 95.3 Å². The van der Waals surface area contributed by atoms with Gasteiger partial charge in [-0.05, 0) is 48.5 Å². The topological polar surface area (TPSA) is 45.2 Å². The Morgan fingerprint density at radius 3 is 2.61 bits per heavy atom. The number of nitrogens with one attached hydrogen (secondary N) is 1. The Kier molecular flexibility index (Phi) is 5.14. The van der Waals surface area contributed by atoms with Crippen LogP contribution in [0.3, 0.4) is 0 Å². The monoisotopic (exact) mass is 383 g/mol. The maximum atomic E-state index is 12.6. The van der Waals surface area contributed by atoms with E-state index in [1.54, 1.807) is 12.3 Å². The third-order valence-electron chi connectivity index (χ3n) is 4.48. The Bertz CT molecular complexity index is 1100. The van der Waals surface area contributed by atoms with Crippen molar-refractivity contribution in [2.24, 2.45) is 0 Å². The van der Waals surface area contributed by atoms with Crippen molar-refractivity contribution in [3.63, 3.8) is 0 Å². The van der Waals surface area contributed by atoms with Crippen molar-refractivity contribution in [1.82, 2.24) is 10.3 Å². The maximum Gasteiger partial charge on any atom is 0.259 e. The minimum absolute atomic E-state index is 0.287. The number of benzene rings is 2. The molecule has 2 aromatic carbocycles. The highest BCUT2D eigenvalue weighted by Crippen LogP contribution is 2.27. The molecule has 2 heterocycles. The average molecular weight is 383 g/mol. The number of hydrogen-bond donors (Lipinski definition) is 1. The number of pyridine rings is 1. The summed E-state index contributed by atoms with van der Waals surface area (Å²) in [7, 11) is 0. The van der Waals surface area contributed by atoms with Gasteiger partial charge in [-0.1, -0.05) is 48.2 Å². The summed E-state index contributed by atoms with van der Waals surface area (Å²) in [5, 5.41) is 3.21. The first-order valence-electron chi connectivity index (χ1n) is 8.93. The summed E-state index contributed by atoms with van der Waals surface area (Å²) in [6.45, 7) is 0.763. The van der Waals surface area contributed by atoms with Gasteiger partial charge in [0.05, 0.1) is 5.56 Å². The molecule has 3 aromatic rings. The van der Waals surface area contributed by atoms with Crippen LogP contribution in [0.2, 0.25) is 0 Å². The number of nitrogens with zero attached hydrogens (tertiary/aromatic N) is 2. The minimum atomic E-state index is -0.287. The van der Waals surface area contributed by atoms with Gasteiger partial charge in [0.2, 0.25) is 0 Å². The Morgan fingerprint density at radius 1 is 1.00 bits per heavy atom. The predicted molar refractivity (Wildman–Crippen MR) is 114 cm³/mol. The zero-order chi connectivity index (χ0) is 19.3. The van der Waals surface area contributed by atoms with Crippen LogP contribution in [0.1, 0.15) is 27.0 Å². The number of carbonyl (C=O) groups is 1. The second kappa shape index (κ2) is 8.03. The van der Waals surface area contributed by atoms with Crippen LogP contribution < -0.4 is 10.2 Å². The summed E-state index contributed by atoms with van der Waals surface area (Å²) in [4.78, 5) is 18.7. The van der Waals surface area contributed by atoms with Gasteiger partial charge in [-0.2, -0.15) is 0 Å². The van der Waals surface area contributed by atoms with Gasteiger partial charge < -0.3 is 4.90 Å². The van der Waals surface area contributed by atoms with E-state index in [4.69, 9.17) is 12.2 Å². The molecule has 28 heavy (non-hydrogen) atoms. The van der Waals surface area contributed by atoms with Crippen molar-refractivity contribution in [2.45, 2.75) is 6.42 Å². The number of amides is 1. The molecular weight excluding hydrogens is 366 g/mol. The van der Waals surface area contributed by atoms with Crippen molar-refractivity contribution in [3.8, 4) is 11.8 Å². The van der Waals surface area contributed by atoms with E-state index in [1.807, 2.05) is 53.4 Å². The van der Waals surface area contributed by atoms with Crippen molar-refractivity contribution in [1.29, 1.82) is 0 Å². The Balaban J connectivity index is 1.47. The first-order valence-corrected chi connectivity index (χ1v) is 9.34.